The highest BCUT2D eigenvalue weighted by Crippen LogP contribution is 2.47. The van der Waals surface area contributed by atoms with Gasteiger partial charge in [0.15, 0.2) is 0 Å². The summed E-state index contributed by atoms with van der Waals surface area (Å²) in [5, 5.41) is 0. The van der Waals surface area contributed by atoms with Crippen LogP contribution in [0.5, 0.6) is 5.75 Å². The first-order valence-corrected chi connectivity index (χ1v) is 11.2. The summed E-state index contributed by atoms with van der Waals surface area (Å²) in [7, 11) is 0. The van der Waals surface area contributed by atoms with Gasteiger partial charge in [-0.2, -0.15) is 0 Å². The van der Waals surface area contributed by atoms with Crippen LogP contribution in [0.1, 0.15) is 50.3 Å². The van der Waals surface area contributed by atoms with Crippen molar-refractivity contribution in [1.29, 1.82) is 0 Å². The Labute approximate surface area is 185 Å². The highest BCUT2D eigenvalue weighted by molar-refractivity contribution is 9.10. The van der Waals surface area contributed by atoms with Crippen molar-refractivity contribution in [3.63, 3.8) is 0 Å². The smallest absolute Gasteiger partial charge is 0.265 e. The van der Waals surface area contributed by atoms with Crippen LogP contribution in [0.2, 0.25) is 0 Å². The Morgan fingerprint density at radius 3 is 2.47 bits per heavy atom. The van der Waals surface area contributed by atoms with Gasteiger partial charge in [-0.1, -0.05) is 47.5 Å². The summed E-state index contributed by atoms with van der Waals surface area (Å²) in [6.07, 6.45) is -0.193. The zero-order chi connectivity index (χ0) is 21.9. The van der Waals surface area contributed by atoms with Crippen molar-refractivity contribution in [3.05, 3.63) is 63.6 Å². The maximum absolute atomic E-state index is 15.0. The number of ether oxygens (including phenoxy) is 1. The number of hydrogen-bond donors (Lipinski definition) is 0. The molecule has 2 aromatic carbocycles. The summed E-state index contributed by atoms with van der Waals surface area (Å²) in [5.74, 6) is 0.695. The van der Waals surface area contributed by atoms with Gasteiger partial charge in [-0.3, -0.25) is 4.90 Å². The van der Waals surface area contributed by atoms with E-state index in [9.17, 15) is 4.39 Å². The SMILES string of the molecule is CCCCOc1ccc2c(c1)CCN(CC(C)(C)F)C2(c1ccc(Br)cc1)C(F)F. The minimum Gasteiger partial charge on any atom is -0.494 e. The van der Waals surface area contributed by atoms with Gasteiger partial charge < -0.3 is 4.74 Å². The number of rotatable bonds is 8. The number of halogens is 4. The first-order valence-electron chi connectivity index (χ1n) is 10.4. The van der Waals surface area contributed by atoms with Crippen molar-refractivity contribution in [2.24, 2.45) is 0 Å². The normalized spacial score (nSPS) is 19.7. The lowest BCUT2D eigenvalue weighted by Gasteiger charge is -2.49. The minimum atomic E-state index is -2.73. The fraction of sp³-hybridized carbons (Fsp3) is 0.500. The van der Waals surface area contributed by atoms with E-state index in [-0.39, 0.29) is 6.54 Å². The molecule has 0 fully saturated rings. The van der Waals surface area contributed by atoms with Gasteiger partial charge in [0.2, 0.25) is 0 Å². The standard InChI is InChI=1S/C24H29BrF3NO/c1-4-5-14-30-20-10-11-21-17(15-20)12-13-29(16-23(2,3)28)24(21,22(26)27)18-6-8-19(25)9-7-18/h6-11,15,22H,4-5,12-14,16H2,1-3H3. The van der Waals surface area contributed by atoms with E-state index >= 15 is 8.78 Å². The van der Waals surface area contributed by atoms with Crippen LogP contribution in [0.4, 0.5) is 13.2 Å². The topological polar surface area (TPSA) is 12.5 Å². The van der Waals surface area contributed by atoms with Crippen molar-refractivity contribution in [3.8, 4) is 5.75 Å². The van der Waals surface area contributed by atoms with Gasteiger partial charge in [-0.15, -0.1) is 0 Å². The number of fused-ring (bicyclic) bond motifs is 1. The molecule has 0 aromatic heterocycles. The Morgan fingerprint density at radius 2 is 1.87 bits per heavy atom. The van der Waals surface area contributed by atoms with Crippen molar-refractivity contribution in [2.75, 3.05) is 19.7 Å². The molecule has 3 rings (SSSR count). The molecule has 0 spiro atoms. The first-order chi connectivity index (χ1) is 14.2. The quantitative estimate of drug-likeness (QED) is 0.385. The van der Waals surface area contributed by atoms with Gasteiger partial charge in [0, 0.05) is 17.6 Å². The molecular formula is C24H29BrF3NO. The summed E-state index contributed by atoms with van der Waals surface area (Å²) < 4.78 is 51.3. The molecular weight excluding hydrogens is 455 g/mol. The van der Waals surface area contributed by atoms with Gasteiger partial charge in [0.05, 0.1) is 6.61 Å². The maximum Gasteiger partial charge on any atom is 0.265 e. The van der Waals surface area contributed by atoms with E-state index in [2.05, 4.69) is 22.9 Å². The molecule has 0 radical (unpaired) electrons. The molecule has 2 nitrogen and oxygen atoms in total. The number of alkyl halides is 3. The Hall–Kier alpha value is -1.53. The summed E-state index contributed by atoms with van der Waals surface area (Å²) in [5.41, 5.74) is -1.49. The number of unbranched alkanes of at least 4 members (excludes halogenated alkanes) is 1. The van der Waals surface area contributed by atoms with Crippen LogP contribution in [0, 0.1) is 0 Å². The molecule has 0 aliphatic carbocycles. The summed E-state index contributed by atoms with van der Waals surface area (Å²) in [6.45, 7) is 5.83. The van der Waals surface area contributed by atoms with Crippen molar-refractivity contribution in [2.45, 2.75) is 57.7 Å². The van der Waals surface area contributed by atoms with E-state index in [4.69, 9.17) is 4.74 Å². The predicted molar refractivity (Wildman–Crippen MR) is 118 cm³/mol. The van der Waals surface area contributed by atoms with Crippen LogP contribution >= 0.6 is 15.9 Å². The second-order valence-electron chi connectivity index (χ2n) is 8.49. The van der Waals surface area contributed by atoms with Crippen LogP contribution in [-0.2, 0) is 12.0 Å². The van der Waals surface area contributed by atoms with Crippen LogP contribution in [0.25, 0.3) is 0 Å². The number of nitrogens with zero attached hydrogens (tertiary/aromatic N) is 1. The average Bonchev–Trinajstić information content (AvgIpc) is 2.67. The molecule has 0 bridgehead atoms. The van der Waals surface area contributed by atoms with Crippen LogP contribution in [0.3, 0.4) is 0 Å². The summed E-state index contributed by atoms with van der Waals surface area (Å²) >= 11 is 3.38. The van der Waals surface area contributed by atoms with E-state index < -0.39 is 17.6 Å². The van der Waals surface area contributed by atoms with Gasteiger partial charge >= 0.3 is 0 Å². The largest absolute Gasteiger partial charge is 0.494 e. The monoisotopic (exact) mass is 483 g/mol. The first kappa shape index (κ1) is 23.1. The Kier molecular flexibility index (Phi) is 7.18. The molecule has 6 heteroatoms. The predicted octanol–water partition coefficient (Wildman–Crippen LogP) is 6.74. The Bertz CT molecular complexity index is 851. The Balaban J connectivity index is 2.14. The molecule has 1 unspecified atom stereocenters. The molecule has 0 amide bonds. The average molecular weight is 484 g/mol. The number of benzene rings is 2. The molecule has 1 heterocycles. The van der Waals surface area contributed by atoms with Crippen molar-refractivity contribution >= 4 is 15.9 Å². The molecule has 1 aliphatic rings. The molecule has 164 valence electrons. The van der Waals surface area contributed by atoms with Crippen LogP contribution < -0.4 is 4.74 Å². The lowest BCUT2D eigenvalue weighted by Crippen LogP contribution is -2.58. The van der Waals surface area contributed by atoms with E-state index in [1.165, 1.54) is 13.8 Å². The number of hydrogen-bond acceptors (Lipinski definition) is 2. The van der Waals surface area contributed by atoms with Crippen LogP contribution in [0.15, 0.2) is 46.9 Å². The molecule has 1 aliphatic heterocycles. The third kappa shape index (κ3) is 4.70. The lowest BCUT2D eigenvalue weighted by molar-refractivity contribution is -0.0581. The lowest BCUT2D eigenvalue weighted by atomic mass is 9.75. The molecule has 0 saturated heterocycles. The highest BCUT2D eigenvalue weighted by Gasteiger charge is 2.52. The van der Waals surface area contributed by atoms with Gasteiger partial charge in [0.25, 0.3) is 6.43 Å². The van der Waals surface area contributed by atoms with Gasteiger partial charge in [-0.05, 0) is 67.6 Å². The maximum atomic E-state index is 15.0. The second-order valence-corrected chi connectivity index (χ2v) is 9.40. The van der Waals surface area contributed by atoms with Crippen molar-refractivity contribution in [1.82, 2.24) is 4.90 Å². The molecule has 30 heavy (non-hydrogen) atoms. The summed E-state index contributed by atoms with van der Waals surface area (Å²) in [4.78, 5) is 1.61. The Morgan fingerprint density at radius 1 is 1.17 bits per heavy atom. The molecule has 0 N–H and O–H groups in total. The zero-order valence-corrected chi connectivity index (χ0v) is 19.3. The summed E-state index contributed by atoms with van der Waals surface area (Å²) in [6, 6.07) is 12.3. The molecule has 0 saturated carbocycles. The van der Waals surface area contributed by atoms with E-state index in [0.29, 0.717) is 36.4 Å². The van der Waals surface area contributed by atoms with Gasteiger partial charge in [-0.25, -0.2) is 13.2 Å². The van der Waals surface area contributed by atoms with Gasteiger partial charge in [0.1, 0.15) is 17.0 Å². The highest BCUT2D eigenvalue weighted by atomic mass is 79.9. The minimum absolute atomic E-state index is 0.0818. The fourth-order valence-corrected chi connectivity index (χ4v) is 4.52. The third-order valence-corrected chi connectivity index (χ3v) is 6.10. The van der Waals surface area contributed by atoms with E-state index in [1.807, 2.05) is 6.07 Å². The van der Waals surface area contributed by atoms with Crippen molar-refractivity contribution < 1.29 is 17.9 Å². The third-order valence-electron chi connectivity index (χ3n) is 5.57. The molecule has 1 atom stereocenters. The molecule has 2 aromatic rings. The van der Waals surface area contributed by atoms with E-state index in [0.717, 1.165) is 22.9 Å². The zero-order valence-electron chi connectivity index (χ0n) is 17.7. The second kappa shape index (κ2) is 9.31. The van der Waals surface area contributed by atoms with E-state index in [1.54, 1.807) is 41.3 Å². The van der Waals surface area contributed by atoms with Crippen LogP contribution in [-0.4, -0.2) is 36.7 Å². The fourth-order valence-electron chi connectivity index (χ4n) is 4.26.